The zero-order valence-electron chi connectivity index (χ0n) is 14.7. The molecule has 6 nitrogen and oxygen atoms in total. The predicted octanol–water partition coefficient (Wildman–Crippen LogP) is 2.18. The van der Waals surface area contributed by atoms with Crippen LogP contribution in [0.25, 0.3) is 0 Å². The van der Waals surface area contributed by atoms with Gasteiger partial charge in [0.15, 0.2) is 0 Å². The van der Waals surface area contributed by atoms with Crippen molar-refractivity contribution < 1.29 is 17.6 Å². The molecule has 0 saturated carbocycles. The summed E-state index contributed by atoms with van der Waals surface area (Å²) in [5.74, 6) is -0.289. The minimum absolute atomic E-state index is 0.0933. The number of carbonyl (C=O) groups excluding carboxylic acids is 1. The Hall–Kier alpha value is -2.45. The number of nitrogens with zero attached hydrogens (tertiary/aromatic N) is 1. The summed E-state index contributed by atoms with van der Waals surface area (Å²) < 4.78 is 36.0. The Balaban J connectivity index is 1.65. The fourth-order valence-electron chi connectivity index (χ4n) is 3.06. The van der Waals surface area contributed by atoms with Crippen molar-refractivity contribution in [3.05, 3.63) is 71.5 Å². The summed E-state index contributed by atoms with van der Waals surface area (Å²) >= 11 is 0. The Morgan fingerprint density at radius 2 is 1.89 bits per heavy atom. The van der Waals surface area contributed by atoms with E-state index >= 15 is 0 Å². The van der Waals surface area contributed by atoms with Crippen LogP contribution in [0, 0.1) is 5.82 Å². The zero-order chi connectivity index (χ0) is 19.4. The lowest BCUT2D eigenvalue weighted by Gasteiger charge is -2.38. The number of nitrogens with one attached hydrogen (secondary N) is 1. The van der Waals surface area contributed by atoms with E-state index in [4.69, 9.17) is 5.14 Å². The van der Waals surface area contributed by atoms with E-state index in [2.05, 4.69) is 5.32 Å². The van der Waals surface area contributed by atoms with E-state index < -0.39 is 15.3 Å². The van der Waals surface area contributed by atoms with Crippen LogP contribution in [0.15, 0.2) is 54.6 Å². The average molecular weight is 391 g/mol. The predicted molar refractivity (Wildman–Crippen MR) is 101 cm³/mol. The summed E-state index contributed by atoms with van der Waals surface area (Å²) in [5, 5.41) is 7.35. The molecule has 1 aliphatic heterocycles. The zero-order valence-corrected chi connectivity index (χ0v) is 15.5. The van der Waals surface area contributed by atoms with Crippen LogP contribution in [-0.4, -0.2) is 37.7 Å². The van der Waals surface area contributed by atoms with Gasteiger partial charge in [0.2, 0.25) is 10.0 Å². The number of hydrogen-bond donors (Lipinski definition) is 2. The Kier molecular flexibility index (Phi) is 5.76. The lowest BCUT2D eigenvalue weighted by Crippen LogP contribution is -2.61. The summed E-state index contributed by atoms with van der Waals surface area (Å²) in [6.07, 6.45) is 1.18. The lowest BCUT2D eigenvalue weighted by molar-refractivity contribution is 0.165. The van der Waals surface area contributed by atoms with E-state index in [0.717, 1.165) is 11.1 Å². The van der Waals surface area contributed by atoms with Crippen LogP contribution in [0.3, 0.4) is 0 Å². The van der Waals surface area contributed by atoms with E-state index in [1.807, 2.05) is 36.4 Å². The second-order valence-electron chi connectivity index (χ2n) is 6.70. The molecule has 0 aromatic heterocycles. The molecule has 3 rings (SSSR count). The molecule has 27 heavy (non-hydrogen) atoms. The number of hydrogen-bond acceptors (Lipinski definition) is 3. The molecule has 1 fully saturated rings. The first-order valence-electron chi connectivity index (χ1n) is 8.69. The molecular formula is C19H22FN3O3S. The Morgan fingerprint density at radius 3 is 2.52 bits per heavy atom. The maximum absolute atomic E-state index is 13.4. The van der Waals surface area contributed by atoms with Gasteiger partial charge in [-0.3, -0.25) is 0 Å². The molecule has 2 amide bonds. The van der Waals surface area contributed by atoms with Gasteiger partial charge >= 0.3 is 6.03 Å². The second-order valence-corrected chi connectivity index (χ2v) is 8.54. The maximum atomic E-state index is 13.4. The van der Waals surface area contributed by atoms with Crippen LogP contribution >= 0.6 is 0 Å². The molecule has 0 bridgehead atoms. The summed E-state index contributed by atoms with van der Waals surface area (Å²) in [4.78, 5) is 13.9. The topological polar surface area (TPSA) is 92.5 Å². The van der Waals surface area contributed by atoms with Crippen LogP contribution in [0.2, 0.25) is 0 Å². The van der Waals surface area contributed by atoms with E-state index in [-0.39, 0.29) is 31.0 Å². The number of nitrogens with two attached hydrogens (primary N) is 1. The fourth-order valence-corrected chi connectivity index (χ4v) is 3.84. The normalized spacial score (nSPS) is 15.9. The number of halogens is 1. The van der Waals surface area contributed by atoms with Crippen LogP contribution in [-0.2, 0) is 16.4 Å². The summed E-state index contributed by atoms with van der Waals surface area (Å²) in [6.45, 7) is 0.187. The van der Waals surface area contributed by atoms with Crippen LogP contribution < -0.4 is 10.5 Å². The van der Waals surface area contributed by atoms with Gasteiger partial charge in [0, 0.05) is 13.1 Å². The molecule has 1 unspecified atom stereocenters. The quantitative estimate of drug-likeness (QED) is 0.790. The van der Waals surface area contributed by atoms with Gasteiger partial charge in [0.25, 0.3) is 0 Å². The van der Waals surface area contributed by atoms with Gasteiger partial charge < -0.3 is 10.2 Å². The first kappa shape index (κ1) is 19.3. The highest BCUT2D eigenvalue weighted by Crippen LogP contribution is 2.22. The van der Waals surface area contributed by atoms with Crippen molar-refractivity contribution in [1.29, 1.82) is 0 Å². The van der Waals surface area contributed by atoms with Gasteiger partial charge in [-0.2, -0.15) is 0 Å². The van der Waals surface area contributed by atoms with Crippen molar-refractivity contribution in [1.82, 2.24) is 10.2 Å². The minimum Gasteiger partial charge on any atom is -0.331 e. The highest BCUT2D eigenvalue weighted by atomic mass is 32.2. The van der Waals surface area contributed by atoms with Gasteiger partial charge in [-0.1, -0.05) is 42.5 Å². The Morgan fingerprint density at radius 1 is 1.19 bits per heavy atom. The number of benzene rings is 2. The maximum Gasteiger partial charge on any atom is 0.317 e. The van der Waals surface area contributed by atoms with Crippen molar-refractivity contribution >= 4 is 16.1 Å². The van der Waals surface area contributed by atoms with E-state index in [1.54, 1.807) is 6.07 Å². The smallest absolute Gasteiger partial charge is 0.317 e. The van der Waals surface area contributed by atoms with Crippen molar-refractivity contribution in [3.8, 4) is 0 Å². The lowest BCUT2D eigenvalue weighted by atomic mass is 9.99. The number of aryl methyl sites for hydroxylation is 1. The van der Waals surface area contributed by atoms with E-state index in [1.165, 1.54) is 17.0 Å². The third kappa shape index (κ3) is 5.05. The molecular weight excluding hydrogens is 369 g/mol. The number of likely N-dealkylation sites (tertiary alicyclic amines) is 1. The Bertz CT molecular complexity index is 899. The molecule has 0 radical (unpaired) electrons. The number of primary sulfonamides is 1. The standard InChI is InChI=1S/C19H22FN3O3S/c20-16-8-4-5-14(11-16)9-10-18(15-6-2-1-3-7-15)22-19(24)23-12-17(13-23)27(21,25)26/h1-8,11,17-18H,9-10,12-13H2,(H,22,24)(H2,21,25,26). The number of sulfonamides is 1. The molecule has 144 valence electrons. The molecule has 0 spiro atoms. The van der Waals surface area contributed by atoms with Gasteiger partial charge in [-0.25, -0.2) is 22.7 Å². The Labute approximate surface area is 158 Å². The summed E-state index contributed by atoms with van der Waals surface area (Å²) in [7, 11) is -3.62. The van der Waals surface area contributed by atoms with Crippen LogP contribution in [0.5, 0.6) is 0 Å². The van der Waals surface area contributed by atoms with Crippen molar-refractivity contribution in [2.75, 3.05) is 13.1 Å². The number of rotatable bonds is 6. The molecule has 3 N–H and O–H groups in total. The highest BCUT2D eigenvalue weighted by Gasteiger charge is 2.38. The third-order valence-corrected chi connectivity index (χ3v) is 5.94. The van der Waals surface area contributed by atoms with E-state index in [9.17, 15) is 17.6 Å². The fraction of sp³-hybridized carbons (Fsp3) is 0.316. The average Bonchev–Trinajstić information content (AvgIpc) is 2.57. The number of carbonyl (C=O) groups is 1. The van der Waals surface area contributed by atoms with Gasteiger partial charge in [0.05, 0.1) is 6.04 Å². The SMILES string of the molecule is NS(=O)(=O)C1CN(C(=O)NC(CCc2cccc(F)c2)c2ccccc2)C1. The third-order valence-electron chi connectivity index (χ3n) is 4.71. The first-order valence-corrected chi connectivity index (χ1v) is 10.3. The van der Waals surface area contributed by atoms with Crippen molar-refractivity contribution in [2.24, 2.45) is 5.14 Å². The molecule has 1 heterocycles. The van der Waals surface area contributed by atoms with E-state index in [0.29, 0.717) is 12.8 Å². The van der Waals surface area contributed by atoms with Gasteiger partial charge in [0.1, 0.15) is 11.1 Å². The molecule has 2 aromatic rings. The highest BCUT2D eigenvalue weighted by molar-refractivity contribution is 7.89. The number of amides is 2. The minimum atomic E-state index is -3.62. The van der Waals surface area contributed by atoms with Crippen molar-refractivity contribution in [3.63, 3.8) is 0 Å². The largest absolute Gasteiger partial charge is 0.331 e. The van der Waals surface area contributed by atoms with Gasteiger partial charge in [-0.05, 0) is 36.1 Å². The van der Waals surface area contributed by atoms with Crippen LogP contribution in [0.4, 0.5) is 9.18 Å². The molecule has 1 atom stereocenters. The molecule has 1 aliphatic rings. The summed E-state index contributed by atoms with van der Waals surface area (Å²) in [5.41, 5.74) is 1.79. The molecule has 2 aromatic carbocycles. The van der Waals surface area contributed by atoms with Crippen molar-refractivity contribution in [2.45, 2.75) is 24.1 Å². The van der Waals surface area contributed by atoms with Gasteiger partial charge in [-0.15, -0.1) is 0 Å². The molecule has 0 aliphatic carbocycles. The summed E-state index contributed by atoms with van der Waals surface area (Å²) in [6, 6.07) is 15.3. The monoisotopic (exact) mass is 391 g/mol. The number of urea groups is 1. The first-order chi connectivity index (χ1) is 12.8. The molecule has 8 heteroatoms. The second kappa shape index (κ2) is 8.06. The molecule has 1 saturated heterocycles. The van der Waals surface area contributed by atoms with Crippen LogP contribution in [0.1, 0.15) is 23.6 Å².